The van der Waals surface area contributed by atoms with Crippen molar-refractivity contribution < 1.29 is 0 Å². The molecule has 0 amide bonds. The predicted molar refractivity (Wildman–Crippen MR) is 67.8 cm³/mol. The standard InChI is InChI=1S/C13H22N2O/c1-5-7-14-9-12-10(3)8-11(4)15(6-2)13(12)16/h8,14H,5-7,9H2,1-4H3. The van der Waals surface area contributed by atoms with Crippen LogP contribution in [0.2, 0.25) is 0 Å². The molecule has 0 bridgehead atoms. The first-order chi connectivity index (χ1) is 7.61. The Morgan fingerprint density at radius 1 is 1.31 bits per heavy atom. The Kier molecular flexibility index (Phi) is 4.74. The van der Waals surface area contributed by atoms with Gasteiger partial charge in [-0.05, 0) is 45.4 Å². The van der Waals surface area contributed by atoms with Crippen LogP contribution >= 0.6 is 0 Å². The summed E-state index contributed by atoms with van der Waals surface area (Å²) in [6, 6.07) is 2.09. The number of aromatic nitrogens is 1. The maximum absolute atomic E-state index is 12.2. The number of hydrogen-bond donors (Lipinski definition) is 1. The minimum Gasteiger partial charge on any atom is -0.313 e. The molecular weight excluding hydrogens is 200 g/mol. The normalized spacial score (nSPS) is 10.8. The molecule has 0 unspecified atom stereocenters. The largest absolute Gasteiger partial charge is 0.313 e. The van der Waals surface area contributed by atoms with Gasteiger partial charge < -0.3 is 9.88 Å². The van der Waals surface area contributed by atoms with E-state index < -0.39 is 0 Å². The zero-order valence-electron chi connectivity index (χ0n) is 10.8. The molecule has 0 aliphatic rings. The highest BCUT2D eigenvalue weighted by molar-refractivity contribution is 5.26. The molecule has 0 saturated heterocycles. The van der Waals surface area contributed by atoms with Crippen LogP contribution in [0.15, 0.2) is 10.9 Å². The number of pyridine rings is 1. The minimum absolute atomic E-state index is 0.156. The lowest BCUT2D eigenvalue weighted by atomic mass is 10.1. The van der Waals surface area contributed by atoms with Gasteiger partial charge in [-0.2, -0.15) is 0 Å². The summed E-state index contributed by atoms with van der Waals surface area (Å²) >= 11 is 0. The second-order valence-corrected chi connectivity index (χ2v) is 4.17. The molecule has 90 valence electrons. The fraction of sp³-hybridized carbons (Fsp3) is 0.615. The Bertz CT molecular complexity index is 407. The molecule has 1 aromatic rings. The van der Waals surface area contributed by atoms with E-state index >= 15 is 0 Å². The van der Waals surface area contributed by atoms with E-state index in [0.717, 1.165) is 36.3 Å². The van der Waals surface area contributed by atoms with Crippen molar-refractivity contribution in [2.24, 2.45) is 0 Å². The van der Waals surface area contributed by atoms with Crippen molar-refractivity contribution in [1.29, 1.82) is 0 Å². The topological polar surface area (TPSA) is 34.0 Å². The highest BCUT2D eigenvalue weighted by Crippen LogP contribution is 2.06. The third-order valence-electron chi connectivity index (χ3n) is 2.88. The third kappa shape index (κ3) is 2.73. The third-order valence-corrected chi connectivity index (χ3v) is 2.88. The van der Waals surface area contributed by atoms with Gasteiger partial charge in [0.25, 0.3) is 5.56 Å². The van der Waals surface area contributed by atoms with Crippen LogP contribution in [0.1, 0.15) is 37.1 Å². The maximum atomic E-state index is 12.2. The summed E-state index contributed by atoms with van der Waals surface area (Å²) in [5.41, 5.74) is 3.20. The molecule has 0 saturated carbocycles. The second kappa shape index (κ2) is 5.85. The molecular formula is C13H22N2O. The van der Waals surface area contributed by atoms with Crippen LogP contribution in [0.4, 0.5) is 0 Å². The smallest absolute Gasteiger partial charge is 0.255 e. The van der Waals surface area contributed by atoms with Crippen LogP contribution in [0, 0.1) is 13.8 Å². The predicted octanol–water partition coefficient (Wildman–Crippen LogP) is 1.98. The van der Waals surface area contributed by atoms with E-state index in [-0.39, 0.29) is 5.56 Å². The molecule has 1 rings (SSSR count). The van der Waals surface area contributed by atoms with E-state index in [1.807, 2.05) is 25.3 Å². The molecule has 0 aliphatic heterocycles. The Morgan fingerprint density at radius 2 is 2.00 bits per heavy atom. The van der Waals surface area contributed by atoms with Crippen molar-refractivity contribution in [3.63, 3.8) is 0 Å². The van der Waals surface area contributed by atoms with Crippen molar-refractivity contribution in [3.05, 3.63) is 33.2 Å². The van der Waals surface area contributed by atoms with E-state index in [9.17, 15) is 4.79 Å². The molecule has 1 heterocycles. The Labute approximate surface area is 97.5 Å². The quantitative estimate of drug-likeness (QED) is 0.773. The Morgan fingerprint density at radius 3 is 2.56 bits per heavy atom. The van der Waals surface area contributed by atoms with Crippen LogP contribution < -0.4 is 10.9 Å². The Hall–Kier alpha value is -1.09. The van der Waals surface area contributed by atoms with Gasteiger partial charge >= 0.3 is 0 Å². The van der Waals surface area contributed by atoms with Crippen molar-refractivity contribution >= 4 is 0 Å². The second-order valence-electron chi connectivity index (χ2n) is 4.17. The molecule has 3 heteroatoms. The molecule has 3 nitrogen and oxygen atoms in total. The lowest BCUT2D eigenvalue weighted by molar-refractivity contribution is 0.640. The SMILES string of the molecule is CCCNCc1c(C)cc(C)n(CC)c1=O. The molecule has 0 aliphatic carbocycles. The highest BCUT2D eigenvalue weighted by Gasteiger charge is 2.08. The number of rotatable bonds is 5. The van der Waals surface area contributed by atoms with Gasteiger partial charge in [0.05, 0.1) is 0 Å². The van der Waals surface area contributed by atoms with Gasteiger partial charge in [0.15, 0.2) is 0 Å². The summed E-state index contributed by atoms with van der Waals surface area (Å²) in [6.45, 7) is 10.5. The molecule has 0 fully saturated rings. The van der Waals surface area contributed by atoms with Crippen LogP contribution in [-0.2, 0) is 13.1 Å². The fourth-order valence-corrected chi connectivity index (χ4v) is 1.97. The number of nitrogens with one attached hydrogen (secondary N) is 1. The zero-order chi connectivity index (χ0) is 12.1. The lowest BCUT2D eigenvalue weighted by Crippen LogP contribution is -2.29. The monoisotopic (exact) mass is 222 g/mol. The first-order valence-electron chi connectivity index (χ1n) is 6.02. The molecule has 0 radical (unpaired) electrons. The van der Waals surface area contributed by atoms with Crippen molar-refractivity contribution in [2.45, 2.75) is 47.2 Å². The Balaban J connectivity index is 3.04. The van der Waals surface area contributed by atoms with Crippen molar-refractivity contribution in [2.75, 3.05) is 6.54 Å². The summed E-state index contributed by atoms with van der Waals surface area (Å²) in [5.74, 6) is 0. The van der Waals surface area contributed by atoms with Gasteiger partial charge in [-0.1, -0.05) is 6.92 Å². The fourth-order valence-electron chi connectivity index (χ4n) is 1.97. The first kappa shape index (κ1) is 13.0. The summed E-state index contributed by atoms with van der Waals surface area (Å²) in [4.78, 5) is 12.2. The van der Waals surface area contributed by atoms with Crippen LogP contribution in [0.25, 0.3) is 0 Å². The van der Waals surface area contributed by atoms with Gasteiger partial charge in [-0.25, -0.2) is 0 Å². The van der Waals surface area contributed by atoms with E-state index in [1.165, 1.54) is 0 Å². The van der Waals surface area contributed by atoms with Crippen molar-refractivity contribution in [1.82, 2.24) is 9.88 Å². The average Bonchev–Trinajstić information content (AvgIpc) is 2.23. The lowest BCUT2D eigenvalue weighted by Gasteiger charge is -2.13. The molecule has 1 N–H and O–H groups in total. The number of hydrogen-bond acceptors (Lipinski definition) is 2. The summed E-state index contributed by atoms with van der Waals surface area (Å²) < 4.78 is 1.83. The first-order valence-corrected chi connectivity index (χ1v) is 6.02. The number of aryl methyl sites for hydroxylation is 2. The van der Waals surface area contributed by atoms with Gasteiger partial charge in [0.1, 0.15) is 0 Å². The van der Waals surface area contributed by atoms with E-state index in [1.54, 1.807) is 0 Å². The molecule has 0 atom stereocenters. The van der Waals surface area contributed by atoms with Crippen molar-refractivity contribution in [3.8, 4) is 0 Å². The maximum Gasteiger partial charge on any atom is 0.255 e. The summed E-state index contributed by atoms with van der Waals surface area (Å²) in [6.07, 6.45) is 1.09. The molecule has 1 aromatic heterocycles. The molecule has 16 heavy (non-hydrogen) atoms. The minimum atomic E-state index is 0.156. The summed E-state index contributed by atoms with van der Waals surface area (Å²) in [5, 5.41) is 3.29. The van der Waals surface area contributed by atoms with Gasteiger partial charge in [-0.15, -0.1) is 0 Å². The van der Waals surface area contributed by atoms with Gasteiger partial charge in [0, 0.05) is 24.3 Å². The van der Waals surface area contributed by atoms with E-state index in [4.69, 9.17) is 0 Å². The number of nitrogens with zero attached hydrogens (tertiary/aromatic N) is 1. The van der Waals surface area contributed by atoms with Gasteiger partial charge in [0.2, 0.25) is 0 Å². The highest BCUT2D eigenvalue weighted by atomic mass is 16.1. The molecule has 0 spiro atoms. The van der Waals surface area contributed by atoms with Crippen LogP contribution in [0.3, 0.4) is 0 Å². The van der Waals surface area contributed by atoms with Crippen LogP contribution in [0.5, 0.6) is 0 Å². The zero-order valence-corrected chi connectivity index (χ0v) is 10.8. The molecule has 0 aromatic carbocycles. The average molecular weight is 222 g/mol. The van der Waals surface area contributed by atoms with E-state index in [0.29, 0.717) is 6.54 Å². The summed E-state index contributed by atoms with van der Waals surface area (Å²) in [7, 11) is 0. The van der Waals surface area contributed by atoms with Gasteiger partial charge in [-0.3, -0.25) is 4.79 Å². The van der Waals surface area contributed by atoms with Crippen LogP contribution in [-0.4, -0.2) is 11.1 Å². The van der Waals surface area contributed by atoms with E-state index in [2.05, 4.69) is 18.3 Å².